The minimum atomic E-state index is -0.335. The molecule has 0 atom stereocenters. The Morgan fingerprint density at radius 3 is 2.64 bits per heavy atom. The van der Waals surface area contributed by atoms with E-state index in [0.29, 0.717) is 22.7 Å². The quantitative estimate of drug-likeness (QED) is 0.414. The monoisotopic (exact) mass is 374 g/mol. The SMILES string of the molecule is O=C(C=Cc1ccc(F)cc1)c1cccc(-n2cc(-c3ccco3)[nH]c2=O)c1. The van der Waals surface area contributed by atoms with Gasteiger partial charge in [-0.05, 0) is 48.0 Å². The van der Waals surface area contributed by atoms with Gasteiger partial charge in [-0.25, -0.2) is 9.18 Å². The van der Waals surface area contributed by atoms with Gasteiger partial charge >= 0.3 is 5.69 Å². The fraction of sp³-hybridized carbons (Fsp3) is 0. The second kappa shape index (κ2) is 7.36. The van der Waals surface area contributed by atoms with E-state index in [4.69, 9.17) is 4.42 Å². The maximum absolute atomic E-state index is 13.0. The van der Waals surface area contributed by atoms with E-state index in [1.54, 1.807) is 60.8 Å². The standard InChI is InChI=1S/C22H15FN2O3/c23-17-9-6-15(7-10-17)8-11-20(26)16-3-1-4-18(13-16)25-14-19(24-22(25)27)21-5-2-12-28-21/h1-14H,(H,24,27). The lowest BCUT2D eigenvalue weighted by Gasteiger charge is -2.03. The van der Waals surface area contributed by atoms with E-state index in [1.807, 2.05) is 0 Å². The molecule has 28 heavy (non-hydrogen) atoms. The molecule has 0 spiro atoms. The first-order valence-electron chi connectivity index (χ1n) is 8.54. The van der Waals surface area contributed by atoms with Crippen LogP contribution in [-0.4, -0.2) is 15.3 Å². The van der Waals surface area contributed by atoms with Crippen molar-refractivity contribution in [1.29, 1.82) is 0 Å². The number of ketones is 1. The molecule has 0 aliphatic rings. The van der Waals surface area contributed by atoms with E-state index in [9.17, 15) is 14.0 Å². The lowest BCUT2D eigenvalue weighted by Crippen LogP contribution is -2.14. The summed E-state index contributed by atoms with van der Waals surface area (Å²) in [6, 6.07) is 16.1. The highest BCUT2D eigenvalue weighted by atomic mass is 19.1. The average Bonchev–Trinajstić information content (AvgIpc) is 3.37. The third-order valence-corrected chi connectivity index (χ3v) is 4.21. The van der Waals surface area contributed by atoms with Crippen molar-refractivity contribution in [3.63, 3.8) is 0 Å². The molecular formula is C22H15FN2O3. The molecule has 6 heteroatoms. The number of carbonyl (C=O) groups excluding carboxylic acids is 1. The molecule has 2 aromatic heterocycles. The molecule has 0 aliphatic heterocycles. The summed E-state index contributed by atoms with van der Waals surface area (Å²) in [6.45, 7) is 0. The first-order chi connectivity index (χ1) is 13.6. The molecule has 4 rings (SSSR count). The molecule has 138 valence electrons. The van der Waals surface area contributed by atoms with Gasteiger partial charge in [-0.15, -0.1) is 0 Å². The normalized spacial score (nSPS) is 11.2. The van der Waals surface area contributed by atoms with Crippen LogP contribution in [0.3, 0.4) is 0 Å². The molecule has 0 fully saturated rings. The van der Waals surface area contributed by atoms with Crippen LogP contribution in [0.25, 0.3) is 23.2 Å². The maximum atomic E-state index is 13.0. The van der Waals surface area contributed by atoms with Gasteiger partial charge in [0.15, 0.2) is 11.5 Å². The Kier molecular flexibility index (Phi) is 4.60. The number of nitrogens with one attached hydrogen (secondary N) is 1. The number of benzene rings is 2. The van der Waals surface area contributed by atoms with Crippen LogP contribution in [0.5, 0.6) is 0 Å². The number of hydrogen-bond donors (Lipinski definition) is 1. The van der Waals surface area contributed by atoms with Crippen molar-refractivity contribution in [2.75, 3.05) is 0 Å². The predicted octanol–water partition coefficient (Wildman–Crippen LogP) is 4.46. The number of halogens is 1. The molecule has 5 nitrogen and oxygen atoms in total. The number of allylic oxidation sites excluding steroid dienone is 1. The average molecular weight is 374 g/mol. The number of furan rings is 1. The Hall–Kier alpha value is -3.93. The fourth-order valence-electron chi connectivity index (χ4n) is 2.80. The van der Waals surface area contributed by atoms with Gasteiger partial charge in [0.2, 0.25) is 0 Å². The van der Waals surface area contributed by atoms with Gasteiger partial charge < -0.3 is 9.40 Å². The first kappa shape index (κ1) is 17.5. The second-order valence-corrected chi connectivity index (χ2v) is 6.12. The summed E-state index contributed by atoms with van der Waals surface area (Å²) in [7, 11) is 0. The van der Waals surface area contributed by atoms with Gasteiger partial charge in [0.05, 0.1) is 12.0 Å². The second-order valence-electron chi connectivity index (χ2n) is 6.12. The van der Waals surface area contributed by atoms with Gasteiger partial charge in [-0.1, -0.05) is 30.3 Å². The minimum absolute atomic E-state index is 0.221. The van der Waals surface area contributed by atoms with Crippen LogP contribution < -0.4 is 5.69 Å². The number of rotatable bonds is 5. The molecule has 0 saturated heterocycles. The zero-order valence-corrected chi connectivity index (χ0v) is 14.6. The van der Waals surface area contributed by atoms with Crippen LogP contribution in [0.15, 0.2) is 88.4 Å². The molecule has 0 aliphatic carbocycles. The lowest BCUT2D eigenvalue weighted by atomic mass is 10.1. The highest BCUT2D eigenvalue weighted by Crippen LogP contribution is 2.18. The van der Waals surface area contributed by atoms with Gasteiger partial charge in [-0.3, -0.25) is 9.36 Å². The van der Waals surface area contributed by atoms with Crippen LogP contribution in [0.2, 0.25) is 0 Å². The highest BCUT2D eigenvalue weighted by Gasteiger charge is 2.10. The van der Waals surface area contributed by atoms with Crippen molar-refractivity contribution < 1.29 is 13.6 Å². The Morgan fingerprint density at radius 2 is 1.89 bits per heavy atom. The van der Waals surface area contributed by atoms with E-state index < -0.39 is 0 Å². The van der Waals surface area contributed by atoms with Gasteiger partial charge in [-0.2, -0.15) is 0 Å². The summed E-state index contributed by atoms with van der Waals surface area (Å²) in [5, 5.41) is 0. The Labute approximate surface area is 159 Å². The summed E-state index contributed by atoms with van der Waals surface area (Å²) >= 11 is 0. The summed E-state index contributed by atoms with van der Waals surface area (Å²) < 4.78 is 19.7. The Balaban J connectivity index is 1.60. The molecule has 2 heterocycles. The number of H-pyrrole nitrogens is 1. The van der Waals surface area contributed by atoms with E-state index in [1.165, 1.54) is 29.0 Å². The number of imidazole rings is 1. The number of carbonyl (C=O) groups is 1. The number of hydrogen-bond acceptors (Lipinski definition) is 3. The van der Waals surface area contributed by atoms with Crippen molar-refractivity contribution in [1.82, 2.24) is 9.55 Å². The van der Waals surface area contributed by atoms with Gasteiger partial charge in [0.1, 0.15) is 11.5 Å². The van der Waals surface area contributed by atoms with Crippen molar-refractivity contribution >= 4 is 11.9 Å². The number of aromatic amines is 1. The zero-order chi connectivity index (χ0) is 19.5. The van der Waals surface area contributed by atoms with Crippen molar-refractivity contribution in [3.8, 4) is 17.1 Å². The van der Waals surface area contributed by atoms with Crippen LogP contribution in [0.1, 0.15) is 15.9 Å². The highest BCUT2D eigenvalue weighted by molar-refractivity contribution is 6.07. The minimum Gasteiger partial charge on any atom is -0.463 e. The molecule has 0 bridgehead atoms. The summed E-state index contributed by atoms with van der Waals surface area (Å²) in [4.78, 5) is 27.5. The van der Waals surface area contributed by atoms with Gasteiger partial charge in [0.25, 0.3) is 0 Å². The molecule has 0 saturated carbocycles. The molecular weight excluding hydrogens is 359 g/mol. The van der Waals surface area contributed by atoms with E-state index in [2.05, 4.69) is 4.98 Å². The van der Waals surface area contributed by atoms with Gasteiger partial charge in [0, 0.05) is 11.8 Å². The lowest BCUT2D eigenvalue weighted by molar-refractivity contribution is 0.104. The zero-order valence-electron chi connectivity index (χ0n) is 14.6. The van der Waals surface area contributed by atoms with Crippen molar-refractivity contribution in [2.45, 2.75) is 0 Å². The maximum Gasteiger partial charge on any atom is 0.330 e. The summed E-state index contributed by atoms with van der Waals surface area (Å²) in [5.41, 5.74) is 1.92. The van der Waals surface area contributed by atoms with E-state index in [-0.39, 0.29) is 17.3 Å². The molecule has 0 radical (unpaired) electrons. The van der Waals surface area contributed by atoms with Crippen LogP contribution in [0.4, 0.5) is 4.39 Å². The number of nitrogens with zero attached hydrogens (tertiary/aromatic N) is 1. The molecule has 0 amide bonds. The smallest absolute Gasteiger partial charge is 0.330 e. The molecule has 2 aromatic carbocycles. The molecule has 4 aromatic rings. The Morgan fingerprint density at radius 1 is 1.07 bits per heavy atom. The van der Waals surface area contributed by atoms with Crippen molar-refractivity contribution in [2.24, 2.45) is 0 Å². The molecule has 0 unspecified atom stereocenters. The van der Waals surface area contributed by atoms with E-state index in [0.717, 1.165) is 5.56 Å². The van der Waals surface area contributed by atoms with Crippen LogP contribution in [-0.2, 0) is 0 Å². The third-order valence-electron chi connectivity index (χ3n) is 4.21. The van der Waals surface area contributed by atoms with E-state index >= 15 is 0 Å². The van der Waals surface area contributed by atoms with Crippen molar-refractivity contribution in [3.05, 3.63) is 107 Å². The Bertz CT molecular complexity index is 1200. The first-order valence-corrected chi connectivity index (χ1v) is 8.54. The summed E-state index contributed by atoms with van der Waals surface area (Å²) in [6.07, 6.45) is 6.18. The summed E-state index contributed by atoms with van der Waals surface area (Å²) in [5.74, 6) is -0.00614. The van der Waals surface area contributed by atoms with Crippen LogP contribution in [0, 0.1) is 5.82 Å². The van der Waals surface area contributed by atoms with Crippen LogP contribution >= 0.6 is 0 Å². The topological polar surface area (TPSA) is 68.0 Å². The molecule has 1 N–H and O–H groups in total. The fourth-order valence-corrected chi connectivity index (χ4v) is 2.80. The third kappa shape index (κ3) is 3.61. The largest absolute Gasteiger partial charge is 0.463 e. The predicted molar refractivity (Wildman–Crippen MR) is 104 cm³/mol. The number of aromatic nitrogens is 2.